The van der Waals surface area contributed by atoms with Gasteiger partial charge in [0.15, 0.2) is 0 Å². The summed E-state index contributed by atoms with van der Waals surface area (Å²) in [5.41, 5.74) is 1.67. The van der Waals surface area contributed by atoms with Gasteiger partial charge in [0.05, 0.1) is 47.0 Å². The molecule has 2 N–H and O–H groups in total. The summed E-state index contributed by atoms with van der Waals surface area (Å²) in [7, 11) is 0. The highest BCUT2D eigenvalue weighted by Crippen LogP contribution is 2.46. The average Bonchev–Trinajstić information content (AvgIpc) is 3.51. The number of rotatable bonds is 14. The number of unbranched alkanes of at least 4 members (excludes halogenated alkanes) is 2. The third kappa shape index (κ3) is 8.14. The summed E-state index contributed by atoms with van der Waals surface area (Å²) >= 11 is 1.22. The quantitative estimate of drug-likeness (QED) is 0.0808. The Hall–Kier alpha value is -5.12. The van der Waals surface area contributed by atoms with Crippen molar-refractivity contribution >= 4 is 64.1 Å². The lowest BCUT2D eigenvalue weighted by Crippen LogP contribution is -2.47. The number of benzene rings is 1. The summed E-state index contributed by atoms with van der Waals surface area (Å²) in [5, 5.41) is 6.95. The first-order valence-corrected chi connectivity index (χ1v) is 19.8. The van der Waals surface area contributed by atoms with Gasteiger partial charge in [0.25, 0.3) is 5.56 Å². The minimum absolute atomic E-state index is 0.0328. The van der Waals surface area contributed by atoms with Crippen LogP contribution in [0.3, 0.4) is 0 Å². The Kier molecular flexibility index (Phi) is 11.7. The lowest BCUT2D eigenvalue weighted by Gasteiger charge is -2.35. The minimum Gasteiger partial charge on any atom is -0.464 e. The van der Waals surface area contributed by atoms with Gasteiger partial charge in [-0.3, -0.25) is 4.79 Å². The van der Waals surface area contributed by atoms with E-state index in [1.54, 1.807) is 45.3 Å². The molecular weight excluding hydrogens is 731 g/mol. The van der Waals surface area contributed by atoms with Crippen LogP contribution in [0.5, 0.6) is 0 Å². The number of thioether (sulfide) groups is 1. The zero-order valence-electron chi connectivity index (χ0n) is 32.0. The highest BCUT2D eigenvalue weighted by molar-refractivity contribution is 7.99. The molecule has 2 atom stereocenters. The molecule has 55 heavy (non-hydrogen) atoms. The van der Waals surface area contributed by atoms with Crippen molar-refractivity contribution in [3.8, 4) is 11.4 Å². The van der Waals surface area contributed by atoms with Gasteiger partial charge in [0, 0.05) is 34.4 Å². The van der Waals surface area contributed by atoms with E-state index in [1.165, 1.54) is 11.8 Å². The van der Waals surface area contributed by atoms with Crippen molar-refractivity contribution < 1.29 is 42.9 Å². The maximum absolute atomic E-state index is 14.2. The molecule has 1 aromatic carbocycles. The zero-order chi connectivity index (χ0) is 39.5. The van der Waals surface area contributed by atoms with Crippen molar-refractivity contribution in [1.29, 1.82) is 0 Å². The summed E-state index contributed by atoms with van der Waals surface area (Å²) < 4.78 is 28.6. The number of ether oxygens (including phenoxy) is 5. The largest absolute Gasteiger partial charge is 0.509 e. The Labute approximate surface area is 322 Å². The summed E-state index contributed by atoms with van der Waals surface area (Å²) in [6.45, 7) is 10.5. The van der Waals surface area contributed by atoms with Crippen LogP contribution in [0.4, 0.5) is 21.0 Å². The first-order chi connectivity index (χ1) is 26.3. The van der Waals surface area contributed by atoms with Gasteiger partial charge in [-0.1, -0.05) is 32.8 Å². The molecule has 0 saturated heterocycles. The van der Waals surface area contributed by atoms with E-state index in [1.807, 2.05) is 18.2 Å². The molecule has 3 aliphatic heterocycles. The number of anilines is 1. The molecule has 0 fully saturated rings. The molecule has 0 saturated carbocycles. The number of aliphatic imine (C=N–C) groups is 1. The highest BCUT2D eigenvalue weighted by Gasteiger charge is 2.51. The third-order valence-corrected chi connectivity index (χ3v) is 10.5. The number of aromatic nitrogens is 2. The van der Waals surface area contributed by atoms with E-state index in [0.29, 0.717) is 16.9 Å². The number of nitrogens with zero attached hydrogens (tertiary/aromatic N) is 3. The monoisotopic (exact) mass is 777 g/mol. The van der Waals surface area contributed by atoms with Gasteiger partial charge >= 0.3 is 24.2 Å². The third-order valence-electron chi connectivity index (χ3n) is 9.45. The summed E-state index contributed by atoms with van der Waals surface area (Å²) in [6.07, 6.45) is 2.01. The second-order valence-corrected chi connectivity index (χ2v) is 15.6. The van der Waals surface area contributed by atoms with Crippen LogP contribution in [0, 0.1) is 0 Å². The van der Waals surface area contributed by atoms with Gasteiger partial charge in [-0.25, -0.2) is 29.2 Å². The molecule has 0 aliphatic carbocycles. The van der Waals surface area contributed by atoms with Crippen LogP contribution in [0.1, 0.15) is 90.3 Å². The van der Waals surface area contributed by atoms with Crippen LogP contribution in [-0.2, 0) is 52.0 Å². The van der Waals surface area contributed by atoms with Crippen molar-refractivity contribution in [3.63, 3.8) is 0 Å². The Morgan fingerprint density at radius 2 is 1.91 bits per heavy atom. The van der Waals surface area contributed by atoms with Crippen LogP contribution >= 0.6 is 11.8 Å². The number of amides is 1. The van der Waals surface area contributed by atoms with Crippen LogP contribution in [0.25, 0.3) is 22.3 Å². The van der Waals surface area contributed by atoms with Gasteiger partial charge in [0.2, 0.25) is 5.60 Å². The van der Waals surface area contributed by atoms with Crippen LogP contribution < -0.4 is 16.2 Å². The number of esters is 2. The van der Waals surface area contributed by atoms with Crippen LogP contribution in [-0.4, -0.2) is 75.9 Å². The molecule has 0 spiro atoms. The Balaban J connectivity index is 1.20. The molecule has 3 aromatic rings. The fourth-order valence-electron chi connectivity index (χ4n) is 6.90. The van der Waals surface area contributed by atoms with Crippen molar-refractivity contribution in [3.05, 3.63) is 51.3 Å². The molecule has 3 aliphatic rings. The Morgan fingerprint density at radius 1 is 1.11 bits per heavy atom. The molecule has 0 unspecified atom stereocenters. The van der Waals surface area contributed by atoms with Gasteiger partial charge in [-0.05, 0) is 58.7 Å². The summed E-state index contributed by atoms with van der Waals surface area (Å²) in [4.78, 5) is 75.5. The molecule has 0 bridgehead atoms. The van der Waals surface area contributed by atoms with Gasteiger partial charge in [-0.15, -0.1) is 0 Å². The molecule has 294 valence electrons. The number of nitrogens with one attached hydrogen (secondary N) is 2. The maximum Gasteiger partial charge on any atom is 0.509 e. The number of fused-ring (bicyclic) bond motifs is 5. The minimum atomic E-state index is -1.95. The molecule has 5 heterocycles. The summed E-state index contributed by atoms with van der Waals surface area (Å²) in [5.74, 6) is -0.260. The Morgan fingerprint density at radius 3 is 2.64 bits per heavy atom. The number of carbonyl (C=O) groups is 4. The van der Waals surface area contributed by atoms with E-state index >= 15 is 0 Å². The fraction of sp³-hybridized carbons (Fsp3) is 0.513. The average molecular weight is 778 g/mol. The number of hydrogen-bond acceptors (Lipinski definition) is 14. The molecule has 2 aromatic heterocycles. The highest BCUT2D eigenvalue weighted by atomic mass is 32.2. The van der Waals surface area contributed by atoms with E-state index in [2.05, 4.69) is 17.6 Å². The van der Waals surface area contributed by atoms with E-state index in [-0.39, 0.29) is 61.0 Å². The van der Waals surface area contributed by atoms with E-state index < -0.39 is 41.4 Å². The number of pyridine rings is 2. The van der Waals surface area contributed by atoms with Crippen molar-refractivity contribution in [2.45, 2.75) is 104 Å². The van der Waals surface area contributed by atoms with Crippen LogP contribution in [0.2, 0.25) is 0 Å². The molecule has 1 amide bonds. The first-order valence-electron chi connectivity index (χ1n) is 18.6. The zero-order valence-corrected chi connectivity index (χ0v) is 32.8. The van der Waals surface area contributed by atoms with Crippen molar-refractivity contribution in [2.24, 2.45) is 4.99 Å². The topological polar surface area (TPSA) is 186 Å². The molecule has 6 rings (SSSR count). The van der Waals surface area contributed by atoms with Crippen LogP contribution in [0.15, 0.2) is 34.1 Å². The fourth-order valence-corrected chi connectivity index (χ4v) is 7.72. The maximum atomic E-state index is 14.2. The predicted octanol–water partition coefficient (Wildman–Crippen LogP) is 6.47. The number of amidine groups is 1. The lowest BCUT2D eigenvalue weighted by molar-refractivity contribution is -0.175. The van der Waals surface area contributed by atoms with Gasteiger partial charge in [-0.2, -0.15) is 11.8 Å². The number of alkyl carbamates (subject to hydrolysis) is 1. The molecule has 0 radical (unpaired) electrons. The number of cyclic esters (lactones) is 1. The van der Waals surface area contributed by atoms with Gasteiger partial charge < -0.3 is 38.9 Å². The number of carbonyl (C=O) groups excluding carboxylic acids is 4. The SMILES string of the molecule is CCCCCC1=Nc2cccc3nc4c(c(c23)N1)Cn1c-4cc2c(c1=O)COC(=O)[C@@]2(CC)OC(=O)OCCSC[C@H](NC(=O)OC(C)(C)C)C(=O)OCC. The van der Waals surface area contributed by atoms with Crippen molar-refractivity contribution in [2.75, 3.05) is 30.0 Å². The standard InChI is InChI=1S/C39H47N5O10S/c1-7-10-11-15-29-40-25-13-12-14-26-30(25)32(43-29)22-19-44-28(31(22)41-26)18-24-23(33(44)45)20-52-35(47)39(24,8-2)54-37(49)51-16-17-55-21-27(34(46)50-9-3)42-36(48)53-38(4,5)6/h12-14,18,27H,7-11,15-17,19-21H2,1-6H3,(H,40,43)(H,42,48)/t27-,39-/m0/s1. The van der Waals surface area contributed by atoms with E-state index in [0.717, 1.165) is 53.8 Å². The molecule has 15 nitrogen and oxygen atoms in total. The smallest absolute Gasteiger partial charge is 0.464 e. The molecular formula is C39H47N5O10S. The first kappa shape index (κ1) is 39.6. The van der Waals surface area contributed by atoms with E-state index in [9.17, 15) is 24.0 Å². The van der Waals surface area contributed by atoms with E-state index in [4.69, 9.17) is 33.7 Å². The summed E-state index contributed by atoms with van der Waals surface area (Å²) in [6, 6.07) is 6.48. The predicted molar refractivity (Wildman–Crippen MR) is 207 cm³/mol. The lowest BCUT2D eigenvalue weighted by atomic mass is 9.85. The number of hydrogen-bond donors (Lipinski definition) is 2. The molecule has 16 heteroatoms. The van der Waals surface area contributed by atoms with Crippen molar-refractivity contribution in [1.82, 2.24) is 14.9 Å². The Bertz CT molecular complexity index is 2110. The second kappa shape index (κ2) is 16.3. The second-order valence-electron chi connectivity index (χ2n) is 14.4. The van der Waals surface area contributed by atoms with Gasteiger partial charge in [0.1, 0.15) is 30.7 Å². The normalized spacial score (nSPS) is 17.1.